The molecule has 0 atom stereocenters. The molecule has 0 fully saturated rings. The molecule has 1 rings (SSSR count). The fraction of sp³-hybridized carbons (Fsp3) is 0.471. The zero-order valence-electron chi connectivity index (χ0n) is 14.7. The number of anilines is 1. The summed E-state index contributed by atoms with van der Waals surface area (Å²) in [7, 11) is 0. The Balaban J connectivity index is 2.57. The van der Waals surface area contributed by atoms with E-state index in [4.69, 9.17) is 0 Å². The van der Waals surface area contributed by atoms with E-state index in [0.29, 0.717) is 24.6 Å². The third-order valence-electron chi connectivity index (χ3n) is 3.19. The van der Waals surface area contributed by atoms with Crippen LogP contribution in [0.3, 0.4) is 0 Å². The van der Waals surface area contributed by atoms with Crippen LogP contribution in [0.25, 0.3) is 0 Å². The molecule has 1 aromatic rings. The van der Waals surface area contributed by atoms with Crippen LogP contribution in [0.15, 0.2) is 18.2 Å². The van der Waals surface area contributed by atoms with Crippen LogP contribution in [-0.4, -0.2) is 37.5 Å². The second-order valence-electron chi connectivity index (χ2n) is 5.89. The number of urea groups is 1. The number of aryl methyl sites for hydroxylation is 1. The van der Waals surface area contributed by atoms with Crippen LogP contribution in [0.1, 0.15) is 36.7 Å². The highest BCUT2D eigenvalue weighted by molar-refractivity contribution is 5.97. The first-order valence-corrected chi connectivity index (χ1v) is 8.03. The average Bonchev–Trinajstić information content (AvgIpc) is 2.51. The zero-order valence-corrected chi connectivity index (χ0v) is 14.7. The first kappa shape index (κ1) is 19.5. The van der Waals surface area contributed by atoms with Crippen molar-refractivity contribution in [2.75, 3.05) is 25.0 Å². The smallest absolute Gasteiger partial charge is 0.321 e. The molecule has 24 heavy (non-hydrogen) atoms. The van der Waals surface area contributed by atoms with Crippen molar-refractivity contribution in [2.24, 2.45) is 5.92 Å². The van der Waals surface area contributed by atoms with Gasteiger partial charge in [-0.3, -0.25) is 14.9 Å². The maximum absolute atomic E-state index is 12.0. The number of carbonyl (C=O) groups excluding carboxylic acids is 3. The Morgan fingerprint density at radius 3 is 2.42 bits per heavy atom. The van der Waals surface area contributed by atoms with Gasteiger partial charge >= 0.3 is 6.03 Å². The minimum Gasteiger partial charge on any atom is -0.376 e. The predicted octanol–water partition coefficient (Wildman–Crippen LogP) is 1.64. The van der Waals surface area contributed by atoms with Crippen molar-refractivity contribution in [3.63, 3.8) is 0 Å². The number of nitrogens with one attached hydrogen (secondary N) is 4. The number of carbonyl (C=O) groups is 3. The Labute approximate surface area is 142 Å². The minimum atomic E-state index is -0.516. The molecule has 7 heteroatoms. The highest BCUT2D eigenvalue weighted by Gasteiger charge is 2.10. The van der Waals surface area contributed by atoms with Gasteiger partial charge in [0.05, 0.1) is 6.54 Å². The van der Waals surface area contributed by atoms with Gasteiger partial charge in [-0.25, -0.2) is 4.79 Å². The van der Waals surface area contributed by atoms with Crippen LogP contribution >= 0.6 is 0 Å². The van der Waals surface area contributed by atoms with Gasteiger partial charge in [0, 0.05) is 24.3 Å². The number of rotatable bonds is 7. The van der Waals surface area contributed by atoms with Crippen LogP contribution < -0.4 is 21.3 Å². The van der Waals surface area contributed by atoms with E-state index in [9.17, 15) is 14.4 Å². The lowest BCUT2D eigenvalue weighted by Crippen LogP contribution is -2.41. The monoisotopic (exact) mass is 334 g/mol. The van der Waals surface area contributed by atoms with E-state index in [1.165, 1.54) is 0 Å². The van der Waals surface area contributed by atoms with Gasteiger partial charge in [-0.05, 0) is 43.5 Å². The summed E-state index contributed by atoms with van der Waals surface area (Å²) >= 11 is 0. The van der Waals surface area contributed by atoms with Gasteiger partial charge in [0.25, 0.3) is 5.91 Å². The molecular weight excluding hydrogens is 308 g/mol. The van der Waals surface area contributed by atoms with Crippen molar-refractivity contribution in [1.82, 2.24) is 16.0 Å². The summed E-state index contributed by atoms with van der Waals surface area (Å²) in [5, 5.41) is 10.5. The third kappa shape index (κ3) is 6.68. The summed E-state index contributed by atoms with van der Waals surface area (Å²) in [6.07, 6.45) is 0. The Morgan fingerprint density at radius 1 is 1.12 bits per heavy atom. The van der Waals surface area contributed by atoms with Gasteiger partial charge in [-0.15, -0.1) is 0 Å². The molecule has 0 aliphatic heterocycles. The SMILES string of the molecule is CCNC(=O)NC(=O)CNc1ccc(C(=O)NCC(C)C)cc1C. The van der Waals surface area contributed by atoms with Gasteiger partial charge in [0.2, 0.25) is 5.91 Å². The molecule has 7 nitrogen and oxygen atoms in total. The molecule has 4 N–H and O–H groups in total. The fourth-order valence-electron chi connectivity index (χ4n) is 1.95. The van der Waals surface area contributed by atoms with Crippen molar-refractivity contribution in [3.8, 4) is 0 Å². The van der Waals surface area contributed by atoms with Crippen molar-refractivity contribution >= 4 is 23.5 Å². The maximum Gasteiger partial charge on any atom is 0.321 e. The van der Waals surface area contributed by atoms with Gasteiger partial charge in [0.1, 0.15) is 0 Å². The largest absolute Gasteiger partial charge is 0.376 e. The molecular formula is C17H26N4O3. The second kappa shape index (κ2) is 9.54. The molecule has 0 saturated heterocycles. The minimum absolute atomic E-state index is 0.0309. The lowest BCUT2D eigenvalue weighted by atomic mass is 10.1. The number of imide groups is 1. The molecule has 0 unspecified atom stereocenters. The summed E-state index contributed by atoms with van der Waals surface area (Å²) in [5.41, 5.74) is 2.16. The van der Waals surface area contributed by atoms with Gasteiger partial charge in [-0.1, -0.05) is 13.8 Å². The molecule has 0 heterocycles. The fourth-order valence-corrected chi connectivity index (χ4v) is 1.95. The molecule has 1 aromatic carbocycles. The van der Waals surface area contributed by atoms with Gasteiger partial charge < -0.3 is 16.0 Å². The molecule has 132 valence electrons. The molecule has 0 spiro atoms. The standard InChI is InChI=1S/C17H26N4O3/c1-5-18-17(24)21-15(22)10-19-14-7-6-13(8-12(14)4)16(23)20-9-11(2)3/h6-8,11,19H,5,9-10H2,1-4H3,(H,20,23)(H2,18,21,22,24). The first-order valence-electron chi connectivity index (χ1n) is 8.03. The summed E-state index contributed by atoms with van der Waals surface area (Å²) in [5.74, 6) is -0.161. The van der Waals surface area contributed by atoms with Crippen LogP contribution in [0.2, 0.25) is 0 Å². The van der Waals surface area contributed by atoms with Crippen LogP contribution in [-0.2, 0) is 4.79 Å². The van der Waals surface area contributed by atoms with E-state index in [1.54, 1.807) is 25.1 Å². The van der Waals surface area contributed by atoms with Crippen molar-refractivity contribution in [1.29, 1.82) is 0 Å². The Hall–Kier alpha value is -2.57. The Bertz CT molecular complexity index is 599. The molecule has 4 amide bonds. The van der Waals surface area contributed by atoms with Crippen molar-refractivity contribution in [2.45, 2.75) is 27.7 Å². The topological polar surface area (TPSA) is 99.3 Å². The van der Waals surface area contributed by atoms with E-state index in [-0.39, 0.29) is 12.5 Å². The van der Waals surface area contributed by atoms with Crippen molar-refractivity contribution < 1.29 is 14.4 Å². The van der Waals surface area contributed by atoms with E-state index in [0.717, 1.165) is 11.3 Å². The number of amides is 4. The van der Waals surface area contributed by atoms with Crippen molar-refractivity contribution in [3.05, 3.63) is 29.3 Å². The summed E-state index contributed by atoms with van der Waals surface area (Å²) in [4.78, 5) is 34.9. The molecule has 0 bridgehead atoms. The van der Waals surface area contributed by atoms with E-state index >= 15 is 0 Å². The molecule has 0 saturated carbocycles. The van der Waals surface area contributed by atoms with E-state index in [2.05, 4.69) is 21.3 Å². The highest BCUT2D eigenvalue weighted by Crippen LogP contribution is 2.16. The number of hydrogen-bond donors (Lipinski definition) is 4. The normalized spacial score (nSPS) is 10.2. The molecule has 0 aliphatic rings. The Kier molecular flexibility index (Phi) is 7.74. The van der Waals surface area contributed by atoms with Gasteiger partial charge in [-0.2, -0.15) is 0 Å². The summed E-state index contributed by atoms with van der Waals surface area (Å²) in [6.45, 7) is 8.73. The lowest BCUT2D eigenvalue weighted by molar-refractivity contribution is -0.118. The van der Waals surface area contributed by atoms with Crippen LogP contribution in [0, 0.1) is 12.8 Å². The van der Waals surface area contributed by atoms with Crippen LogP contribution in [0.5, 0.6) is 0 Å². The number of hydrogen-bond acceptors (Lipinski definition) is 4. The van der Waals surface area contributed by atoms with Crippen LogP contribution in [0.4, 0.5) is 10.5 Å². The average molecular weight is 334 g/mol. The molecule has 0 radical (unpaired) electrons. The molecule has 0 aromatic heterocycles. The highest BCUT2D eigenvalue weighted by atomic mass is 16.2. The van der Waals surface area contributed by atoms with E-state index < -0.39 is 11.9 Å². The maximum atomic E-state index is 12.0. The third-order valence-corrected chi connectivity index (χ3v) is 3.19. The predicted molar refractivity (Wildman–Crippen MR) is 94.1 cm³/mol. The van der Waals surface area contributed by atoms with Gasteiger partial charge in [0.15, 0.2) is 0 Å². The Morgan fingerprint density at radius 2 is 1.83 bits per heavy atom. The summed E-state index contributed by atoms with van der Waals surface area (Å²) in [6, 6.07) is 4.70. The van der Waals surface area contributed by atoms with E-state index in [1.807, 2.05) is 20.8 Å². The molecule has 0 aliphatic carbocycles. The number of benzene rings is 1. The first-order chi connectivity index (χ1) is 11.3. The lowest BCUT2D eigenvalue weighted by Gasteiger charge is -2.12. The quantitative estimate of drug-likeness (QED) is 0.609. The summed E-state index contributed by atoms with van der Waals surface area (Å²) < 4.78 is 0. The second-order valence-corrected chi connectivity index (χ2v) is 5.89. The zero-order chi connectivity index (χ0) is 18.1.